The first-order chi connectivity index (χ1) is 14.7. The summed E-state index contributed by atoms with van der Waals surface area (Å²) in [7, 11) is 3.24. The lowest BCUT2D eigenvalue weighted by Crippen LogP contribution is -2.34. The Morgan fingerprint density at radius 2 is 1.90 bits per heavy atom. The van der Waals surface area contributed by atoms with Gasteiger partial charge in [-0.05, 0) is 38.0 Å². The molecule has 1 saturated carbocycles. The Kier molecular flexibility index (Phi) is 4.57. The molecule has 3 heterocycles. The summed E-state index contributed by atoms with van der Waals surface area (Å²) in [6.45, 7) is 2.01. The summed E-state index contributed by atoms with van der Waals surface area (Å²) in [6.07, 6.45) is 8.06. The second-order valence-corrected chi connectivity index (χ2v) is 7.52. The minimum absolute atomic E-state index is 0.416. The van der Waals surface area contributed by atoms with Crippen LogP contribution < -0.4 is 14.2 Å². The smallest absolute Gasteiger partial charge is 0.315 e. The number of ether oxygens (including phenoxy) is 2. The summed E-state index contributed by atoms with van der Waals surface area (Å²) < 4.78 is 14.6. The van der Waals surface area contributed by atoms with E-state index in [1.54, 1.807) is 31.6 Å². The molecule has 4 aromatic rings. The normalized spacial score (nSPS) is 14.5. The molecule has 1 N–H and O–H groups in total. The fourth-order valence-corrected chi connectivity index (χ4v) is 4.23. The van der Waals surface area contributed by atoms with E-state index in [0.717, 1.165) is 35.4 Å². The van der Waals surface area contributed by atoms with Crippen molar-refractivity contribution in [2.24, 2.45) is 0 Å². The number of hydrogen-bond donors (Lipinski definition) is 1. The minimum Gasteiger partial charge on any atom is -0.493 e. The highest BCUT2D eigenvalue weighted by atomic mass is 16.5. The third-order valence-electron chi connectivity index (χ3n) is 5.72. The summed E-state index contributed by atoms with van der Waals surface area (Å²) in [5, 5.41) is 8.01. The van der Waals surface area contributed by atoms with E-state index in [1.165, 1.54) is 12.8 Å². The van der Waals surface area contributed by atoms with Gasteiger partial charge in [0.1, 0.15) is 5.82 Å². The van der Waals surface area contributed by atoms with Gasteiger partial charge in [0, 0.05) is 11.5 Å². The Hall–Kier alpha value is -3.49. The van der Waals surface area contributed by atoms with Crippen molar-refractivity contribution in [3.05, 3.63) is 42.4 Å². The van der Waals surface area contributed by atoms with Crippen molar-refractivity contribution >= 4 is 5.52 Å². The number of methoxy groups -OCH3 is 2. The van der Waals surface area contributed by atoms with Gasteiger partial charge in [-0.15, -0.1) is 9.78 Å². The van der Waals surface area contributed by atoms with Gasteiger partial charge >= 0.3 is 5.82 Å². The van der Waals surface area contributed by atoms with Crippen molar-refractivity contribution in [1.29, 1.82) is 0 Å². The lowest BCUT2D eigenvalue weighted by molar-refractivity contribution is -0.658. The van der Waals surface area contributed by atoms with E-state index in [9.17, 15) is 0 Å². The zero-order valence-electron chi connectivity index (χ0n) is 17.3. The maximum absolute atomic E-state index is 5.48. The largest absolute Gasteiger partial charge is 0.493 e. The van der Waals surface area contributed by atoms with Crippen molar-refractivity contribution in [3.63, 3.8) is 0 Å². The number of aromatic amines is 1. The van der Waals surface area contributed by atoms with Gasteiger partial charge in [-0.1, -0.05) is 22.8 Å². The predicted octanol–water partition coefficient (Wildman–Crippen LogP) is 2.77. The first-order valence-electron chi connectivity index (χ1n) is 10.1. The zero-order chi connectivity index (χ0) is 20.7. The molecule has 0 atom stereocenters. The van der Waals surface area contributed by atoms with Crippen LogP contribution in [0.3, 0.4) is 0 Å². The average Bonchev–Trinajstić information content (AvgIpc) is 3.54. The molecule has 30 heavy (non-hydrogen) atoms. The Labute approximate surface area is 173 Å². The Balaban J connectivity index is 1.76. The molecule has 0 saturated heterocycles. The van der Waals surface area contributed by atoms with E-state index in [-0.39, 0.29) is 0 Å². The Bertz CT molecular complexity index is 1190. The SMILES string of the molecule is COc1ccc(-c2nc(-[n+]3cnc[nH]3)c3c(C)nc(C4CCCC4)n3n2)cc1OC. The van der Waals surface area contributed by atoms with E-state index in [0.29, 0.717) is 29.1 Å². The van der Waals surface area contributed by atoms with Crippen LogP contribution in [0.4, 0.5) is 0 Å². The van der Waals surface area contributed by atoms with Crippen LogP contribution >= 0.6 is 0 Å². The Morgan fingerprint density at radius 3 is 2.60 bits per heavy atom. The van der Waals surface area contributed by atoms with Crippen LogP contribution in [0.5, 0.6) is 11.5 Å². The van der Waals surface area contributed by atoms with Gasteiger partial charge < -0.3 is 9.47 Å². The molecule has 9 nitrogen and oxygen atoms in total. The van der Waals surface area contributed by atoms with Crippen molar-refractivity contribution in [2.75, 3.05) is 14.2 Å². The fourth-order valence-electron chi connectivity index (χ4n) is 4.23. The summed E-state index contributed by atoms with van der Waals surface area (Å²) in [4.78, 5) is 13.9. The molecule has 154 valence electrons. The van der Waals surface area contributed by atoms with E-state index >= 15 is 0 Å². The van der Waals surface area contributed by atoms with Crippen LogP contribution in [0.15, 0.2) is 30.9 Å². The van der Waals surface area contributed by atoms with Gasteiger partial charge in [0.15, 0.2) is 23.3 Å². The number of imidazole rings is 1. The van der Waals surface area contributed by atoms with Crippen LogP contribution in [-0.4, -0.2) is 43.9 Å². The first-order valence-corrected chi connectivity index (χ1v) is 10.1. The van der Waals surface area contributed by atoms with Gasteiger partial charge in [0.05, 0.1) is 19.9 Å². The standard InChI is InChI=1S/C21H23N7O2/c1-13-18-21(27-12-22-11-23-27)25-19(15-8-9-16(29-2)17(10-15)30-3)26-28(18)20(24-13)14-6-4-5-7-14/h8-12,14H,4-7H2,1-3H3/p+1. The molecule has 1 aromatic carbocycles. The maximum atomic E-state index is 5.48. The molecule has 1 aliphatic carbocycles. The zero-order valence-corrected chi connectivity index (χ0v) is 17.3. The number of H-pyrrole nitrogens is 1. The number of aromatic nitrogens is 7. The number of benzene rings is 1. The number of hydrogen-bond acceptors (Lipinski definition) is 6. The van der Waals surface area contributed by atoms with Crippen molar-refractivity contribution < 1.29 is 14.2 Å². The van der Waals surface area contributed by atoms with Gasteiger partial charge in [-0.2, -0.15) is 0 Å². The quantitative estimate of drug-likeness (QED) is 0.512. The topological polar surface area (TPSA) is 94.1 Å². The van der Waals surface area contributed by atoms with Crippen LogP contribution in [0, 0.1) is 6.92 Å². The van der Waals surface area contributed by atoms with E-state index in [2.05, 4.69) is 10.1 Å². The molecule has 5 rings (SSSR count). The van der Waals surface area contributed by atoms with Gasteiger partial charge in [0.2, 0.25) is 6.33 Å². The van der Waals surface area contributed by atoms with Gasteiger partial charge in [0.25, 0.3) is 5.82 Å². The second kappa shape index (κ2) is 7.40. The summed E-state index contributed by atoms with van der Waals surface area (Å²) in [6, 6.07) is 5.69. The van der Waals surface area contributed by atoms with Gasteiger partial charge in [-0.25, -0.2) is 14.6 Å². The number of aryl methyl sites for hydroxylation is 1. The van der Waals surface area contributed by atoms with Crippen LogP contribution in [-0.2, 0) is 0 Å². The highest BCUT2D eigenvalue weighted by Crippen LogP contribution is 2.35. The monoisotopic (exact) mass is 406 g/mol. The molecule has 1 aliphatic rings. The van der Waals surface area contributed by atoms with E-state index in [1.807, 2.05) is 29.6 Å². The third kappa shape index (κ3) is 2.97. The highest BCUT2D eigenvalue weighted by molar-refractivity contribution is 5.66. The fraction of sp³-hybridized carbons (Fsp3) is 0.381. The molecule has 0 amide bonds. The summed E-state index contributed by atoms with van der Waals surface area (Å²) in [5.74, 6) is 4.01. The summed E-state index contributed by atoms with van der Waals surface area (Å²) in [5.41, 5.74) is 2.63. The number of nitrogens with zero attached hydrogens (tertiary/aromatic N) is 6. The molecule has 1 fully saturated rings. The van der Waals surface area contributed by atoms with E-state index in [4.69, 9.17) is 24.5 Å². The molecule has 0 radical (unpaired) electrons. The number of fused-ring (bicyclic) bond motifs is 1. The molecule has 9 heteroatoms. The van der Waals surface area contributed by atoms with Gasteiger partial charge in [-0.3, -0.25) is 0 Å². The molecule has 0 aliphatic heterocycles. The number of rotatable bonds is 5. The molecule has 0 spiro atoms. The summed E-state index contributed by atoms with van der Waals surface area (Å²) >= 11 is 0. The first kappa shape index (κ1) is 18.5. The number of nitrogens with one attached hydrogen (secondary N) is 1. The van der Waals surface area contributed by atoms with Crippen LogP contribution in [0.2, 0.25) is 0 Å². The van der Waals surface area contributed by atoms with Crippen molar-refractivity contribution in [3.8, 4) is 28.7 Å². The predicted molar refractivity (Wildman–Crippen MR) is 109 cm³/mol. The van der Waals surface area contributed by atoms with Crippen LogP contribution in [0.1, 0.15) is 43.1 Å². The molecule has 0 unspecified atom stereocenters. The van der Waals surface area contributed by atoms with Crippen molar-refractivity contribution in [2.45, 2.75) is 38.5 Å². The molecular formula is C21H24N7O2+. The Morgan fingerprint density at radius 1 is 1.10 bits per heavy atom. The second-order valence-electron chi connectivity index (χ2n) is 7.52. The maximum Gasteiger partial charge on any atom is 0.315 e. The molecular weight excluding hydrogens is 382 g/mol. The average molecular weight is 406 g/mol. The lowest BCUT2D eigenvalue weighted by atomic mass is 10.1. The highest BCUT2D eigenvalue weighted by Gasteiger charge is 2.28. The minimum atomic E-state index is 0.416. The third-order valence-corrected chi connectivity index (χ3v) is 5.72. The molecule has 0 bridgehead atoms. The van der Waals surface area contributed by atoms with Crippen molar-refractivity contribution in [1.82, 2.24) is 29.7 Å². The molecule has 3 aromatic heterocycles. The van der Waals surface area contributed by atoms with E-state index < -0.39 is 0 Å². The lowest BCUT2D eigenvalue weighted by Gasteiger charge is -2.10. The van der Waals surface area contributed by atoms with Crippen LogP contribution in [0.25, 0.3) is 22.7 Å².